The van der Waals surface area contributed by atoms with E-state index >= 15 is 0 Å². The summed E-state index contributed by atoms with van der Waals surface area (Å²) in [5.41, 5.74) is 0.488. The third kappa shape index (κ3) is 4.06. The maximum atomic E-state index is 11.8. The topological polar surface area (TPSA) is 75.5 Å². The van der Waals surface area contributed by atoms with Gasteiger partial charge in [0.25, 0.3) is 11.6 Å². The smallest absolute Gasteiger partial charge is 0.293 e. The van der Waals surface area contributed by atoms with Gasteiger partial charge in [0.1, 0.15) is 5.69 Å². The van der Waals surface area contributed by atoms with Crippen molar-refractivity contribution in [1.29, 1.82) is 0 Å². The number of benzene rings is 1. The number of carbonyl (C=O) groups is 1. The van der Waals surface area contributed by atoms with Gasteiger partial charge in [-0.3, -0.25) is 14.9 Å². The summed E-state index contributed by atoms with van der Waals surface area (Å²) in [5.74, 6) is -0.278. The van der Waals surface area contributed by atoms with Crippen molar-refractivity contribution < 1.29 is 9.72 Å². The van der Waals surface area contributed by atoms with E-state index in [0.29, 0.717) is 16.7 Å². The summed E-state index contributed by atoms with van der Waals surface area (Å²) < 4.78 is 0.676. The van der Waals surface area contributed by atoms with E-state index in [2.05, 4.69) is 27.8 Å². The molecule has 1 amide bonds. The van der Waals surface area contributed by atoms with Crippen LogP contribution in [0.15, 0.2) is 29.3 Å². The molecule has 1 aromatic rings. The summed E-state index contributed by atoms with van der Waals surface area (Å²) in [6.07, 6.45) is 0. The van der Waals surface area contributed by atoms with Gasteiger partial charge in [-0.05, 0) is 12.1 Å². The number of hydrogen-bond acceptors (Lipinski definition) is 4. The number of halogens is 1. The van der Waals surface area contributed by atoms with Gasteiger partial charge in [-0.1, -0.05) is 22.5 Å². The van der Waals surface area contributed by atoms with Gasteiger partial charge in [-0.15, -0.1) is 0 Å². The maximum absolute atomic E-state index is 11.8. The first-order valence-corrected chi connectivity index (χ1v) is 6.19. The summed E-state index contributed by atoms with van der Waals surface area (Å²) >= 11 is 3.16. The molecule has 1 N–H and O–H groups in total. The van der Waals surface area contributed by atoms with Gasteiger partial charge in [0.15, 0.2) is 0 Å². The largest absolute Gasteiger partial charge is 0.375 e. The highest BCUT2D eigenvalue weighted by atomic mass is 79.9. The van der Waals surface area contributed by atoms with Gasteiger partial charge in [0, 0.05) is 36.8 Å². The number of hydrogen-bond donors (Lipinski definition) is 1. The normalized spacial score (nSPS) is 9.84. The maximum Gasteiger partial charge on any atom is 0.293 e. The number of nitrogens with one attached hydrogen (secondary N) is 1. The van der Waals surface area contributed by atoms with Crippen LogP contribution in [0.4, 0.5) is 11.4 Å². The molecule has 0 fully saturated rings. The summed E-state index contributed by atoms with van der Waals surface area (Å²) in [4.78, 5) is 23.6. The number of nitro groups is 1. The van der Waals surface area contributed by atoms with Gasteiger partial charge in [-0.2, -0.15) is 0 Å². The Morgan fingerprint density at radius 2 is 2.16 bits per heavy atom. The lowest BCUT2D eigenvalue weighted by molar-refractivity contribution is -0.384. The molecule has 0 saturated heterocycles. The second-order valence-corrected chi connectivity index (χ2v) is 5.18. The Hall–Kier alpha value is -1.89. The van der Waals surface area contributed by atoms with Crippen LogP contribution >= 0.6 is 15.9 Å². The molecule has 19 heavy (non-hydrogen) atoms. The zero-order valence-corrected chi connectivity index (χ0v) is 12.2. The van der Waals surface area contributed by atoms with E-state index in [1.54, 1.807) is 20.2 Å². The summed E-state index contributed by atoms with van der Waals surface area (Å²) in [6.45, 7) is 4.00. The Bertz CT molecular complexity index is 529. The Morgan fingerprint density at radius 1 is 1.53 bits per heavy atom. The first kappa shape index (κ1) is 15.2. The third-order valence-electron chi connectivity index (χ3n) is 2.32. The highest BCUT2D eigenvalue weighted by Gasteiger charge is 2.18. The van der Waals surface area contributed by atoms with Crippen molar-refractivity contribution in [2.45, 2.75) is 0 Å². The fourth-order valence-corrected chi connectivity index (χ4v) is 1.55. The Balaban J connectivity index is 3.11. The summed E-state index contributed by atoms with van der Waals surface area (Å²) in [6, 6.07) is 4.33. The monoisotopic (exact) mass is 327 g/mol. The lowest BCUT2D eigenvalue weighted by Gasteiger charge is -2.11. The number of anilines is 1. The minimum atomic E-state index is -0.522. The minimum Gasteiger partial charge on any atom is -0.375 e. The molecule has 0 atom stereocenters. The molecule has 0 heterocycles. The van der Waals surface area contributed by atoms with E-state index < -0.39 is 4.92 Å². The lowest BCUT2D eigenvalue weighted by atomic mass is 10.1. The first-order valence-electron chi connectivity index (χ1n) is 5.40. The van der Waals surface area contributed by atoms with E-state index in [0.717, 1.165) is 0 Å². The van der Waals surface area contributed by atoms with Crippen molar-refractivity contribution in [2.24, 2.45) is 0 Å². The van der Waals surface area contributed by atoms with Crippen molar-refractivity contribution in [3.8, 4) is 0 Å². The molecule has 102 valence electrons. The van der Waals surface area contributed by atoms with Crippen molar-refractivity contribution in [3.63, 3.8) is 0 Å². The second-order valence-electron chi connectivity index (χ2n) is 4.06. The SMILES string of the molecule is C=C(Br)CNc1ccc(C(=O)N(C)C)cc1[N+](=O)[O-]. The molecule has 0 radical (unpaired) electrons. The summed E-state index contributed by atoms with van der Waals surface area (Å²) in [5, 5.41) is 13.9. The van der Waals surface area contributed by atoms with Gasteiger partial charge in [-0.25, -0.2) is 0 Å². The highest BCUT2D eigenvalue weighted by molar-refractivity contribution is 9.11. The molecule has 0 unspecified atom stereocenters. The van der Waals surface area contributed by atoms with E-state index in [1.807, 2.05) is 0 Å². The molecule has 0 aliphatic rings. The molecule has 0 saturated carbocycles. The van der Waals surface area contributed by atoms with Crippen LogP contribution in [0.5, 0.6) is 0 Å². The van der Waals surface area contributed by atoms with Crippen LogP contribution in [0.1, 0.15) is 10.4 Å². The van der Waals surface area contributed by atoms with Crippen LogP contribution in [0.25, 0.3) is 0 Å². The van der Waals surface area contributed by atoms with E-state index in [-0.39, 0.29) is 17.2 Å². The number of nitro benzene ring substituents is 1. The average molecular weight is 328 g/mol. The fourth-order valence-electron chi connectivity index (χ4n) is 1.41. The van der Waals surface area contributed by atoms with Crippen molar-refractivity contribution >= 4 is 33.2 Å². The van der Waals surface area contributed by atoms with Crippen LogP contribution < -0.4 is 5.32 Å². The number of rotatable bonds is 5. The van der Waals surface area contributed by atoms with Gasteiger partial charge >= 0.3 is 0 Å². The number of nitrogens with zero attached hydrogens (tertiary/aromatic N) is 2. The molecule has 0 aliphatic carbocycles. The molecule has 0 spiro atoms. The van der Waals surface area contributed by atoms with Crippen molar-refractivity contribution in [2.75, 3.05) is 26.0 Å². The molecular weight excluding hydrogens is 314 g/mol. The number of amides is 1. The zero-order chi connectivity index (χ0) is 14.6. The van der Waals surface area contributed by atoms with E-state index in [4.69, 9.17) is 0 Å². The highest BCUT2D eigenvalue weighted by Crippen LogP contribution is 2.26. The molecule has 0 aromatic heterocycles. The van der Waals surface area contributed by atoms with Crippen LogP contribution in [0.3, 0.4) is 0 Å². The Morgan fingerprint density at radius 3 is 2.63 bits per heavy atom. The van der Waals surface area contributed by atoms with Gasteiger partial charge in [0.05, 0.1) is 4.92 Å². The van der Waals surface area contributed by atoms with E-state index in [9.17, 15) is 14.9 Å². The Labute approximate surface area is 119 Å². The third-order valence-corrected chi connectivity index (χ3v) is 2.60. The molecule has 6 nitrogen and oxygen atoms in total. The average Bonchev–Trinajstić information content (AvgIpc) is 2.34. The predicted molar refractivity (Wildman–Crippen MR) is 77.7 cm³/mol. The molecule has 0 bridgehead atoms. The molecule has 7 heteroatoms. The Kier molecular flexibility index (Phi) is 5.05. The van der Waals surface area contributed by atoms with Crippen LogP contribution in [0.2, 0.25) is 0 Å². The van der Waals surface area contributed by atoms with Crippen LogP contribution in [0, 0.1) is 10.1 Å². The number of carbonyl (C=O) groups excluding carboxylic acids is 1. The fraction of sp³-hybridized carbons (Fsp3) is 0.250. The van der Waals surface area contributed by atoms with Crippen molar-refractivity contribution in [1.82, 2.24) is 4.90 Å². The van der Waals surface area contributed by atoms with Crippen LogP contribution in [-0.2, 0) is 0 Å². The first-order chi connectivity index (χ1) is 8.82. The minimum absolute atomic E-state index is 0.138. The quantitative estimate of drug-likeness (QED) is 0.666. The lowest BCUT2D eigenvalue weighted by Crippen LogP contribution is -2.21. The van der Waals surface area contributed by atoms with Crippen molar-refractivity contribution in [3.05, 3.63) is 44.9 Å². The molecular formula is C12H14BrN3O3. The second kappa shape index (κ2) is 6.33. The predicted octanol–water partition coefficient (Wildman–Crippen LogP) is 2.62. The standard InChI is InChI=1S/C12H14BrN3O3/c1-8(13)7-14-10-5-4-9(12(17)15(2)3)6-11(10)16(18)19/h4-6,14H,1,7H2,2-3H3. The molecule has 1 rings (SSSR count). The molecule has 0 aliphatic heterocycles. The van der Waals surface area contributed by atoms with Crippen LogP contribution in [-0.4, -0.2) is 36.4 Å². The van der Waals surface area contributed by atoms with E-state index in [1.165, 1.54) is 17.0 Å². The zero-order valence-electron chi connectivity index (χ0n) is 10.6. The van der Waals surface area contributed by atoms with Gasteiger partial charge < -0.3 is 10.2 Å². The summed E-state index contributed by atoms with van der Waals surface area (Å²) in [7, 11) is 3.18. The molecule has 1 aromatic carbocycles. The van der Waals surface area contributed by atoms with Gasteiger partial charge in [0.2, 0.25) is 0 Å².